The lowest BCUT2D eigenvalue weighted by molar-refractivity contribution is 0.342. The second-order valence-corrected chi connectivity index (χ2v) is 4.25. The molecule has 0 bridgehead atoms. The summed E-state index contributed by atoms with van der Waals surface area (Å²) in [7, 11) is 0. The molecule has 0 saturated carbocycles. The SMILES string of the molecule is CCOc1ccccc1NC(=S)N[C@@H](C)CC. The molecule has 2 N–H and O–H groups in total. The first-order valence-electron chi connectivity index (χ1n) is 5.96. The minimum absolute atomic E-state index is 0.370. The Hall–Kier alpha value is -1.29. The van der Waals surface area contributed by atoms with Gasteiger partial charge in [0, 0.05) is 6.04 Å². The molecule has 0 spiro atoms. The summed E-state index contributed by atoms with van der Waals surface area (Å²) in [6.45, 7) is 6.83. The van der Waals surface area contributed by atoms with Crippen LogP contribution in [0.4, 0.5) is 5.69 Å². The Morgan fingerprint density at radius 1 is 1.35 bits per heavy atom. The van der Waals surface area contributed by atoms with Gasteiger partial charge in [-0.15, -0.1) is 0 Å². The van der Waals surface area contributed by atoms with Crippen LogP contribution in [0.1, 0.15) is 27.2 Å². The van der Waals surface area contributed by atoms with Crippen molar-refractivity contribution < 1.29 is 4.74 Å². The van der Waals surface area contributed by atoms with E-state index >= 15 is 0 Å². The van der Waals surface area contributed by atoms with Crippen molar-refractivity contribution in [1.82, 2.24) is 5.32 Å². The molecule has 0 saturated heterocycles. The Morgan fingerprint density at radius 3 is 2.71 bits per heavy atom. The molecule has 17 heavy (non-hydrogen) atoms. The predicted molar refractivity (Wildman–Crippen MR) is 76.7 cm³/mol. The second kappa shape index (κ2) is 7.12. The van der Waals surface area contributed by atoms with E-state index in [0.717, 1.165) is 17.9 Å². The zero-order valence-electron chi connectivity index (χ0n) is 10.6. The van der Waals surface area contributed by atoms with Gasteiger partial charge in [0.05, 0.1) is 12.3 Å². The predicted octanol–water partition coefficient (Wildman–Crippen LogP) is 3.17. The van der Waals surface area contributed by atoms with Gasteiger partial charge in [-0.3, -0.25) is 0 Å². The highest BCUT2D eigenvalue weighted by Gasteiger charge is 2.05. The Bertz CT molecular complexity index is 368. The molecule has 0 heterocycles. The van der Waals surface area contributed by atoms with Crippen molar-refractivity contribution in [2.75, 3.05) is 11.9 Å². The van der Waals surface area contributed by atoms with E-state index in [1.165, 1.54) is 0 Å². The first-order valence-corrected chi connectivity index (χ1v) is 6.37. The van der Waals surface area contributed by atoms with Crippen molar-refractivity contribution in [3.05, 3.63) is 24.3 Å². The molecule has 0 unspecified atom stereocenters. The zero-order chi connectivity index (χ0) is 12.7. The van der Waals surface area contributed by atoms with Crippen LogP contribution in [-0.4, -0.2) is 17.8 Å². The van der Waals surface area contributed by atoms with Gasteiger partial charge in [-0.2, -0.15) is 0 Å². The molecule has 1 aromatic carbocycles. The van der Waals surface area contributed by atoms with Gasteiger partial charge in [0.15, 0.2) is 5.11 Å². The van der Waals surface area contributed by atoms with Crippen LogP contribution in [0.25, 0.3) is 0 Å². The number of rotatable bonds is 5. The van der Waals surface area contributed by atoms with E-state index in [9.17, 15) is 0 Å². The second-order valence-electron chi connectivity index (χ2n) is 3.84. The monoisotopic (exact) mass is 252 g/mol. The molecule has 0 aromatic heterocycles. The number of hydrogen-bond donors (Lipinski definition) is 2. The first-order chi connectivity index (χ1) is 8.17. The van der Waals surface area contributed by atoms with E-state index in [2.05, 4.69) is 24.5 Å². The van der Waals surface area contributed by atoms with Crippen LogP contribution in [0.2, 0.25) is 0 Å². The van der Waals surface area contributed by atoms with Crippen LogP contribution in [-0.2, 0) is 0 Å². The molecule has 1 rings (SSSR count). The average molecular weight is 252 g/mol. The summed E-state index contributed by atoms with van der Waals surface area (Å²) in [6, 6.07) is 8.15. The highest BCUT2D eigenvalue weighted by molar-refractivity contribution is 7.80. The van der Waals surface area contributed by atoms with Crippen molar-refractivity contribution in [3.63, 3.8) is 0 Å². The zero-order valence-corrected chi connectivity index (χ0v) is 11.4. The third kappa shape index (κ3) is 4.61. The van der Waals surface area contributed by atoms with Gasteiger partial charge in [0.25, 0.3) is 0 Å². The summed E-state index contributed by atoms with van der Waals surface area (Å²) in [4.78, 5) is 0. The van der Waals surface area contributed by atoms with E-state index in [-0.39, 0.29) is 0 Å². The molecule has 0 radical (unpaired) electrons. The number of benzene rings is 1. The van der Waals surface area contributed by atoms with Crippen LogP contribution < -0.4 is 15.4 Å². The smallest absolute Gasteiger partial charge is 0.171 e. The molecular weight excluding hydrogens is 232 g/mol. The van der Waals surface area contributed by atoms with Crippen molar-refractivity contribution >= 4 is 23.0 Å². The Kier molecular flexibility index (Phi) is 5.77. The van der Waals surface area contributed by atoms with Gasteiger partial charge >= 0.3 is 0 Å². The minimum atomic E-state index is 0.370. The Morgan fingerprint density at radius 2 is 2.06 bits per heavy atom. The lowest BCUT2D eigenvalue weighted by Gasteiger charge is -2.17. The van der Waals surface area contributed by atoms with E-state index in [1.54, 1.807) is 0 Å². The topological polar surface area (TPSA) is 33.3 Å². The van der Waals surface area contributed by atoms with E-state index in [1.807, 2.05) is 31.2 Å². The Balaban J connectivity index is 2.64. The van der Waals surface area contributed by atoms with Gasteiger partial charge in [-0.05, 0) is 44.6 Å². The molecule has 4 heteroatoms. The molecule has 0 amide bonds. The van der Waals surface area contributed by atoms with Crippen LogP contribution >= 0.6 is 12.2 Å². The van der Waals surface area contributed by atoms with Crippen LogP contribution in [0.5, 0.6) is 5.75 Å². The fraction of sp³-hybridized carbons (Fsp3) is 0.462. The van der Waals surface area contributed by atoms with Gasteiger partial charge in [0.2, 0.25) is 0 Å². The molecule has 3 nitrogen and oxygen atoms in total. The lowest BCUT2D eigenvalue weighted by Crippen LogP contribution is -2.35. The van der Waals surface area contributed by atoms with Crippen LogP contribution in [0.3, 0.4) is 0 Å². The summed E-state index contributed by atoms with van der Waals surface area (Å²) in [5.41, 5.74) is 0.898. The fourth-order valence-electron chi connectivity index (χ4n) is 1.34. The number of para-hydroxylation sites is 2. The average Bonchev–Trinajstić information content (AvgIpc) is 2.31. The van der Waals surface area contributed by atoms with Crippen molar-refractivity contribution in [1.29, 1.82) is 0 Å². The molecule has 0 aliphatic heterocycles. The number of hydrogen-bond acceptors (Lipinski definition) is 2. The van der Waals surface area contributed by atoms with Gasteiger partial charge in [0.1, 0.15) is 5.75 Å². The summed E-state index contributed by atoms with van der Waals surface area (Å²) >= 11 is 5.24. The molecule has 94 valence electrons. The molecule has 0 aliphatic rings. The number of ether oxygens (including phenoxy) is 1. The maximum absolute atomic E-state index is 5.52. The largest absolute Gasteiger partial charge is 0.492 e. The minimum Gasteiger partial charge on any atom is -0.492 e. The number of thiocarbonyl (C=S) groups is 1. The van der Waals surface area contributed by atoms with Crippen LogP contribution in [0.15, 0.2) is 24.3 Å². The summed E-state index contributed by atoms with van der Waals surface area (Å²) in [5, 5.41) is 7.00. The van der Waals surface area contributed by atoms with Crippen molar-refractivity contribution in [2.24, 2.45) is 0 Å². The highest BCUT2D eigenvalue weighted by atomic mass is 32.1. The highest BCUT2D eigenvalue weighted by Crippen LogP contribution is 2.23. The lowest BCUT2D eigenvalue weighted by atomic mass is 10.2. The van der Waals surface area contributed by atoms with Crippen molar-refractivity contribution in [3.8, 4) is 5.75 Å². The van der Waals surface area contributed by atoms with E-state index < -0.39 is 0 Å². The molecule has 1 atom stereocenters. The first kappa shape index (κ1) is 13.8. The quantitative estimate of drug-likeness (QED) is 0.789. The maximum Gasteiger partial charge on any atom is 0.171 e. The third-order valence-corrected chi connectivity index (χ3v) is 2.64. The normalized spacial score (nSPS) is 11.7. The summed E-state index contributed by atoms with van der Waals surface area (Å²) in [6.07, 6.45) is 1.04. The molecule has 1 aromatic rings. The van der Waals surface area contributed by atoms with Gasteiger partial charge in [-0.25, -0.2) is 0 Å². The number of nitrogens with one attached hydrogen (secondary N) is 2. The van der Waals surface area contributed by atoms with E-state index in [0.29, 0.717) is 17.8 Å². The van der Waals surface area contributed by atoms with Crippen molar-refractivity contribution in [2.45, 2.75) is 33.2 Å². The summed E-state index contributed by atoms with van der Waals surface area (Å²) < 4.78 is 5.52. The third-order valence-electron chi connectivity index (χ3n) is 2.42. The van der Waals surface area contributed by atoms with Crippen LogP contribution in [0, 0.1) is 0 Å². The standard InChI is InChI=1S/C13H20N2OS/c1-4-10(3)14-13(17)15-11-8-6-7-9-12(11)16-5-2/h6-10H,4-5H2,1-3H3,(H2,14,15,17)/t10-/m0/s1. The maximum atomic E-state index is 5.52. The number of anilines is 1. The fourth-order valence-corrected chi connectivity index (χ4v) is 1.65. The summed E-state index contributed by atoms with van der Waals surface area (Å²) in [5.74, 6) is 0.823. The van der Waals surface area contributed by atoms with Gasteiger partial charge < -0.3 is 15.4 Å². The van der Waals surface area contributed by atoms with E-state index in [4.69, 9.17) is 17.0 Å². The Labute approximate surface area is 109 Å². The molecular formula is C13H20N2OS. The molecule has 0 aliphatic carbocycles. The molecule has 0 fully saturated rings. The van der Waals surface area contributed by atoms with Gasteiger partial charge in [-0.1, -0.05) is 19.1 Å².